The monoisotopic (exact) mass is 148 g/mol. The molecule has 6 heteroatoms. The van der Waals surface area contributed by atoms with Gasteiger partial charge >= 0.3 is 0 Å². The van der Waals surface area contributed by atoms with E-state index in [1.165, 1.54) is 0 Å². The summed E-state index contributed by atoms with van der Waals surface area (Å²) in [5.74, 6) is -3.60. The van der Waals surface area contributed by atoms with Crippen molar-refractivity contribution in [3.63, 3.8) is 0 Å². The summed E-state index contributed by atoms with van der Waals surface area (Å²) < 4.78 is 0. The van der Waals surface area contributed by atoms with Gasteiger partial charge in [0.05, 0.1) is 5.97 Å². The number of rotatable bonds is 3. The van der Waals surface area contributed by atoms with Crippen molar-refractivity contribution in [1.29, 1.82) is 0 Å². The summed E-state index contributed by atoms with van der Waals surface area (Å²) in [6, 6.07) is -1.69. The molecule has 4 N–H and O–H groups in total. The minimum absolute atomic E-state index is 1.69. The van der Waals surface area contributed by atoms with E-state index in [4.69, 9.17) is 5.11 Å². The molecule has 10 heavy (non-hydrogen) atoms. The molecule has 0 aromatic carbocycles. The van der Waals surface area contributed by atoms with Crippen LogP contribution in [-0.2, 0) is 9.59 Å². The molecule has 0 bridgehead atoms. The summed E-state index contributed by atoms with van der Waals surface area (Å²) in [6.45, 7) is 0. The van der Waals surface area contributed by atoms with Crippen LogP contribution in [0.1, 0.15) is 0 Å². The first-order valence-corrected chi connectivity index (χ1v) is 2.39. The Morgan fingerprint density at radius 3 is 1.80 bits per heavy atom. The molecular weight excluding hydrogens is 142 g/mol. The van der Waals surface area contributed by atoms with Gasteiger partial charge in [-0.2, -0.15) is 0 Å². The highest BCUT2D eigenvalue weighted by Gasteiger charge is 2.19. The summed E-state index contributed by atoms with van der Waals surface area (Å²) in [5.41, 5.74) is 2.83. The fraction of sp³-hybridized carbons (Fsp3) is 0.500. The van der Waals surface area contributed by atoms with Crippen molar-refractivity contribution in [2.24, 2.45) is 0 Å². The Balaban J connectivity index is 4.07. The van der Waals surface area contributed by atoms with Crippen LogP contribution >= 0.6 is 0 Å². The van der Waals surface area contributed by atoms with Crippen LogP contribution in [0.4, 0.5) is 0 Å². The second-order valence-electron chi connectivity index (χ2n) is 1.69. The second-order valence-corrected chi connectivity index (χ2v) is 1.69. The third-order valence-corrected chi connectivity index (χ3v) is 0.925. The molecule has 0 aromatic rings. The Hall–Kier alpha value is -1.14. The first-order valence-electron chi connectivity index (χ1n) is 2.39. The highest BCUT2D eigenvalue weighted by Crippen LogP contribution is 1.83. The molecule has 0 fully saturated rings. The molecule has 58 valence electrons. The van der Waals surface area contributed by atoms with Crippen molar-refractivity contribution in [3.05, 3.63) is 0 Å². The van der Waals surface area contributed by atoms with Gasteiger partial charge in [-0.05, 0) is 0 Å². The normalized spacial score (nSPS) is 15.8. The molecule has 0 amide bonds. The zero-order chi connectivity index (χ0) is 8.31. The molecule has 0 aromatic heterocycles. The number of carbonyl (C=O) groups excluding carboxylic acids is 2. The van der Waals surface area contributed by atoms with Gasteiger partial charge in [-0.15, -0.1) is 0 Å². The zero-order valence-electron chi connectivity index (χ0n) is 4.94. The Morgan fingerprint density at radius 2 is 1.70 bits per heavy atom. The van der Waals surface area contributed by atoms with E-state index in [2.05, 4.69) is 5.73 Å². The highest BCUT2D eigenvalue weighted by molar-refractivity contribution is 5.80. The van der Waals surface area contributed by atoms with Crippen molar-refractivity contribution in [1.82, 2.24) is 0 Å². The maximum atomic E-state index is 9.82. The molecule has 6 nitrogen and oxygen atoms in total. The van der Waals surface area contributed by atoms with Crippen molar-refractivity contribution in [2.75, 3.05) is 0 Å². The summed E-state index contributed by atoms with van der Waals surface area (Å²) in [4.78, 5) is 19.6. The van der Waals surface area contributed by atoms with E-state index in [1.807, 2.05) is 0 Å². The van der Waals surface area contributed by atoms with Gasteiger partial charge in [-0.3, -0.25) is 0 Å². The first-order chi connectivity index (χ1) is 4.46. The topological polar surface area (TPSA) is 128 Å². The van der Waals surface area contributed by atoms with Gasteiger partial charge in [0.25, 0.3) is 0 Å². The smallest absolute Gasteiger partial charge is 0.156 e. The first kappa shape index (κ1) is 8.86. The van der Waals surface area contributed by atoms with Gasteiger partial charge in [0.15, 0.2) is 12.1 Å². The van der Waals surface area contributed by atoms with Gasteiger partial charge in [0.2, 0.25) is 0 Å². The third-order valence-electron chi connectivity index (χ3n) is 0.925. The maximum absolute atomic E-state index is 9.82. The van der Waals surface area contributed by atoms with E-state index in [9.17, 15) is 19.8 Å². The minimum atomic E-state index is -2.11. The minimum Gasteiger partial charge on any atom is -0.547 e. The second kappa shape index (κ2) is 3.14. The van der Waals surface area contributed by atoms with Crippen molar-refractivity contribution in [2.45, 2.75) is 12.1 Å². The van der Waals surface area contributed by atoms with Crippen LogP contribution in [-0.4, -0.2) is 29.2 Å². The average molecular weight is 148 g/mol. The largest absolute Gasteiger partial charge is 0.547 e. The summed E-state index contributed by atoms with van der Waals surface area (Å²) in [7, 11) is 0. The van der Waals surface area contributed by atoms with Crippen LogP contribution < -0.4 is 15.9 Å². The van der Waals surface area contributed by atoms with Crippen LogP contribution in [0.25, 0.3) is 0 Å². The lowest BCUT2D eigenvalue weighted by molar-refractivity contribution is -0.454. The van der Waals surface area contributed by atoms with Crippen LogP contribution in [0.2, 0.25) is 0 Å². The van der Waals surface area contributed by atoms with Crippen molar-refractivity contribution < 1.29 is 30.6 Å². The Labute approximate surface area is 55.9 Å². The predicted octanol–water partition coefficient (Wildman–Crippen LogP) is -5.54. The quantitative estimate of drug-likeness (QED) is 0.412. The summed E-state index contributed by atoms with van der Waals surface area (Å²) in [6.07, 6.45) is -2.11. The lowest BCUT2D eigenvalue weighted by Gasteiger charge is -2.16. The summed E-state index contributed by atoms with van der Waals surface area (Å²) in [5, 5.41) is 28.0. The van der Waals surface area contributed by atoms with Gasteiger partial charge < -0.3 is 30.6 Å². The van der Waals surface area contributed by atoms with Crippen molar-refractivity contribution >= 4 is 11.9 Å². The SMILES string of the molecule is [NH3+][C@H](C(=O)[O-])[C@H](O)C(=O)[O-]. The molecule has 0 spiro atoms. The number of aliphatic carboxylic acids is 2. The van der Waals surface area contributed by atoms with E-state index < -0.39 is 24.1 Å². The molecule has 0 rings (SSSR count). The Bertz CT molecular complexity index is 138. The fourth-order valence-electron chi connectivity index (χ4n) is 0.293. The van der Waals surface area contributed by atoms with E-state index in [0.29, 0.717) is 0 Å². The molecule has 2 atom stereocenters. The van der Waals surface area contributed by atoms with Crippen LogP contribution in [0, 0.1) is 0 Å². The number of carboxylic acid groups (broad SMARTS) is 2. The molecule has 0 heterocycles. The fourth-order valence-corrected chi connectivity index (χ4v) is 0.293. The van der Waals surface area contributed by atoms with E-state index in [1.54, 1.807) is 0 Å². The molecule has 0 aliphatic carbocycles. The maximum Gasteiger partial charge on any atom is 0.156 e. The van der Waals surface area contributed by atoms with Gasteiger partial charge in [0.1, 0.15) is 5.97 Å². The standard InChI is InChI=1S/C4H7NO5/c5-1(3(7)8)2(6)4(9)10/h1-2,6H,5H2,(H,7,8)(H,9,10)/p-1/t1-,2-/m0/s1. The van der Waals surface area contributed by atoms with Crippen molar-refractivity contribution in [3.8, 4) is 0 Å². The van der Waals surface area contributed by atoms with Gasteiger partial charge in [-0.25, -0.2) is 0 Å². The zero-order valence-corrected chi connectivity index (χ0v) is 4.94. The molecule has 0 saturated heterocycles. The lowest BCUT2D eigenvalue weighted by Crippen LogP contribution is -2.75. The number of carbonyl (C=O) groups is 2. The summed E-state index contributed by atoms with van der Waals surface area (Å²) >= 11 is 0. The highest BCUT2D eigenvalue weighted by atomic mass is 16.4. The molecule has 0 saturated carbocycles. The average Bonchev–Trinajstić information content (AvgIpc) is 1.84. The number of aliphatic hydroxyl groups excluding tert-OH is 1. The Morgan fingerprint density at radius 1 is 1.30 bits per heavy atom. The molecule has 0 aliphatic rings. The molecule has 0 radical (unpaired) electrons. The molecule has 0 aliphatic heterocycles. The van der Waals surface area contributed by atoms with Crippen LogP contribution in [0.3, 0.4) is 0 Å². The lowest BCUT2D eigenvalue weighted by atomic mass is 10.2. The van der Waals surface area contributed by atoms with E-state index in [-0.39, 0.29) is 0 Å². The van der Waals surface area contributed by atoms with E-state index in [0.717, 1.165) is 0 Å². The van der Waals surface area contributed by atoms with Crippen LogP contribution in [0.5, 0.6) is 0 Å². The Kier molecular flexibility index (Phi) is 2.78. The van der Waals surface area contributed by atoms with E-state index >= 15 is 0 Å². The van der Waals surface area contributed by atoms with Crippen LogP contribution in [0.15, 0.2) is 0 Å². The van der Waals surface area contributed by atoms with Gasteiger partial charge in [-0.1, -0.05) is 0 Å². The molecular formula is C4H6NO5-. The number of carboxylic acids is 2. The number of hydrogen-bond acceptors (Lipinski definition) is 5. The third kappa shape index (κ3) is 2.00. The number of hydrogen-bond donors (Lipinski definition) is 2. The molecule has 0 unspecified atom stereocenters. The number of aliphatic hydroxyl groups is 1. The predicted molar refractivity (Wildman–Crippen MR) is 22.7 cm³/mol. The van der Waals surface area contributed by atoms with Gasteiger partial charge in [0, 0.05) is 0 Å². The number of quaternary nitrogens is 1.